The molecule has 1 saturated heterocycles. The Bertz CT molecular complexity index is 972. The maximum atomic E-state index is 13.3. The van der Waals surface area contributed by atoms with E-state index in [1.165, 1.54) is 16.8 Å². The Morgan fingerprint density at radius 3 is 2.58 bits per heavy atom. The number of fused-ring (bicyclic) bond motifs is 2. The standard InChI is InChI=1S/C23H35N3O4S/c1-22(2)16-9-10-23(3,13-16)21(22)25-20(28)15-7-8-18(24-4)19(12-15)31(29,30)26-11-5-6-17(27)14-26/h7-8,12,16-17,21,24,27H,5-6,9-11,13-14H2,1-4H3,(H,25,28)/t16-,17?,21?,23?/m1/s1. The van der Waals surface area contributed by atoms with Gasteiger partial charge in [-0.2, -0.15) is 4.31 Å². The van der Waals surface area contributed by atoms with Crippen LogP contribution in [0.1, 0.15) is 63.2 Å². The molecule has 1 aromatic carbocycles. The van der Waals surface area contributed by atoms with E-state index >= 15 is 0 Å². The van der Waals surface area contributed by atoms with E-state index in [0.29, 0.717) is 36.6 Å². The number of amides is 1. The van der Waals surface area contributed by atoms with Crippen LogP contribution in [-0.4, -0.2) is 56.0 Å². The normalized spacial score (nSPS) is 32.7. The fourth-order valence-corrected chi connectivity index (χ4v) is 7.98. The minimum atomic E-state index is -3.83. The van der Waals surface area contributed by atoms with Gasteiger partial charge in [-0.25, -0.2) is 8.42 Å². The van der Waals surface area contributed by atoms with Gasteiger partial charge in [0.1, 0.15) is 4.90 Å². The van der Waals surface area contributed by atoms with E-state index in [2.05, 4.69) is 31.4 Å². The number of benzene rings is 1. The molecule has 31 heavy (non-hydrogen) atoms. The summed E-state index contributed by atoms with van der Waals surface area (Å²) in [5.74, 6) is 0.376. The number of β-amino-alcohol motifs (C(OH)–C–C–N with tert-alkyl or cyclic N) is 1. The van der Waals surface area contributed by atoms with Gasteiger partial charge in [0, 0.05) is 31.7 Å². The Morgan fingerprint density at radius 1 is 1.23 bits per heavy atom. The van der Waals surface area contributed by atoms with Crippen molar-refractivity contribution in [2.75, 3.05) is 25.5 Å². The second-order valence-electron chi connectivity index (χ2n) is 10.4. The van der Waals surface area contributed by atoms with Crippen LogP contribution < -0.4 is 10.6 Å². The number of piperidine rings is 1. The largest absolute Gasteiger partial charge is 0.392 e. The molecule has 2 bridgehead atoms. The molecule has 1 amide bonds. The Hall–Kier alpha value is -1.64. The zero-order chi connectivity index (χ0) is 22.6. The maximum absolute atomic E-state index is 13.3. The van der Waals surface area contributed by atoms with Gasteiger partial charge in [-0.05, 0) is 67.1 Å². The molecule has 1 aromatic rings. The molecule has 3 unspecified atom stereocenters. The first-order valence-corrected chi connectivity index (χ1v) is 12.7. The van der Waals surface area contributed by atoms with Gasteiger partial charge in [0.2, 0.25) is 10.0 Å². The minimum absolute atomic E-state index is 0.0203. The molecular formula is C23H35N3O4S. The fraction of sp³-hybridized carbons (Fsp3) is 0.696. The van der Waals surface area contributed by atoms with E-state index in [1.54, 1.807) is 19.2 Å². The van der Waals surface area contributed by atoms with Crippen molar-refractivity contribution in [2.45, 2.75) is 69.9 Å². The van der Waals surface area contributed by atoms with Gasteiger partial charge in [-0.1, -0.05) is 20.8 Å². The molecule has 7 nitrogen and oxygen atoms in total. The summed E-state index contributed by atoms with van der Waals surface area (Å²) < 4.78 is 28.0. The summed E-state index contributed by atoms with van der Waals surface area (Å²) in [5.41, 5.74) is 0.904. The van der Waals surface area contributed by atoms with Gasteiger partial charge in [0.15, 0.2) is 0 Å². The molecule has 172 valence electrons. The number of hydrogen-bond donors (Lipinski definition) is 3. The van der Waals surface area contributed by atoms with Crippen LogP contribution in [0.2, 0.25) is 0 Å². The highest BCUT2D eigenvalue weighted by molar-refractivity contribution is 7.89. The zero-order valence-corrected chi connectivity index (χ0v) is 19.8. The number of hydrogen-bond acceptors (Lipinski definition) is 5. The first kappa shape index (κ1) is 22.6. The second-order valence-corrected chi connectivity index (χ2v) is 12.3. The third kappa shape index (κ3) is 3.76. The Morgan fingerprint density at radius 2 is 1.97 bits per heavy atom. The van der Waals surface area contributed by atoms with Crippen molar-refractivity contribution < 1.29 is 18.3 Å². The summed E-state index contributed by atoms with van der Waals surface area (Å²) in [6.07, 6.45) is 4.00. The molecule has 8 heteroatoms. The van der Waals surface area contributed by atoms with Gasteiger partial charge in [-0.3, -0.25) is 4.79 Å². The third-order valence-electron chi connectivity index (χ3n) is 8.04. The number of aliphatic hydroxyl groups excluding tert-OH is 1. The Labute approximate surface area is 185 Å². The van der Waals surface area contributed by atoms with E-state index in [1.807, 2.05) is 0 Å². The van der Waals surface area contributed by atoms with E-state index < -0.39 is 16.1 Å². The number of anilines is 1. The van der Waals surface area contributed by atoms with Crippen molar-refractivity contribution in [3.63, 3.8) is 0 Å². The van der Waals surface area contributed by atoms with Crippen LogP contribution >= 0.6 is 0 Å². The van der Waals surface area contributed by atoms with E-state index in [0.717, 1.165) is 12.8 Å². The van der Waals surface area contributed by atoms with Gasteiger partial charge in [0.05, 0.1) is 11.8 Å². The lowest BCUT2D eigenvalue weighted by molar-refractivity contribution is 0.0737. The number of carbonyl (C=O) groups excluding carboxylic acids is 1. The van der Waals surface area contributed by atoms with Crippen LogP contribution in [0, 0.1) is 16.7 Å². The Balaban J connectivity index is 1.62. The number of sulfonamides is 1. The molecule has 1 aliphatic heterocycles. The smallest absolute Gasteiger partial charge is 0.251 e. The molecule has 3 N–H and O–H groups in total. The second kappa shape index (κ2) is 7.74. The highest BCUT2D eigenvalue weighted by atomic mass is 32.2. The summed E-state index contributed by atoms with van der Waals surface area (Å²) in [6.45, 7) is 7.17. The van der Waals surface area contributed by atoms with Crippen molar-refractivity contribution in [1.82, 2.24) is 9.62 Å². The van der Waals surface area contributed by atoms with Crippen molar-refractivity contribution in [3.05, 3.63) is 23.8 Å². The highest BCUT2D eigenvalue weighted by Gasteiger charge is 2.59. The third-order valence-corrected chi connectivity index (χ3v) is 9.94. The molecule has 3 aliphatic rings. The van der Waals surface area contributed by atoms with Crippen LogP contribution in [0.4, 0.5) is 5.69 Å². The summed E-state index contributed by atoms with van der Waals surface area (Å²) in [5, 5.41) is 16.1. The van der Waals surface area contributed by atoms with Crippen molar-refractivity contribution in [2.24, 2.45) is 16.7 Å². The van der Waals surface area contributed by atoms with Gasteiger partial charge >= 0.3 is 0 Å². The average molecular weight is 450 g/mol. The Kier molecular flexibility index (Phi) is 5.63. The molecule has 0 spiro atoms. The number of nitrogens with one attached hydrogen (secondary N) is 2. The van der Waals surface area contributed by atoms with E-state index in [4.69, 9.17) is 0 Å². The van der Waals surface area contributed by atoms with Crippen LogP contribution in [0.5, 0.6) is 0 Å². The molecular weight excluding hydrogens is 414 g/mol. The topological polar surface area (TPSA) is 98.7 Å². The molecule has 0 radical (unpaired) electrons. The summed E-state index contributed by atoms with van der Waals surface area (Å²) in [6, 6.07) is 4.86. The number of rotatable bonds is 5. The van der Waals surface area contributed by atoms with Crippen LogP contribution in [0.15, 0.2) is 23.1 Å². The maximum Gasteiger partial charge on any atom is 0.251 e. The van der Waals surface area contributed by atoms with E-state index in [9.17, 15) is 18.3 Å². The number of aliphatic hydroxyl groups is 1. The predicted octanol–water partition coefficient (Wildman–Crippen LogP) is 2.82. The number of nitrogens with zero attached hydrogens (tertiary/aromatic N) is 1. The van der Waals surface area contributed by atoms with Crippen LogP contribution in [0.3, 0.4) is 0 Å². The molecule has 4 rings (SSSR count). The summed E-state index contributed by atoms with van der Waals surface area (Å²) in [4.78, 5) is 13.3. The molecule has 2 saturated carbocycles. The quantitative estimate of drug-likeness (QED) is 0.642. The highest BCUT2D eigenvalue weighted by Crippen LogP contribution is 2.62. The lowest BCUT2D eigenvalue weighted by Gasteiger charge is -2.43. The van der Waals surface area contributed by atoms with Gasteiger partial charge < -0.3 is 15.7 Å². The van der Waals surface area contributed by atoms with Gasteiger partial charge in [-0.15, -0.1) is 0 Å². The van der Waals surface area contributed by atoms with Crippen LogP contribution in [0.25, 0.3) is 0 Å². The number of carbonyl (C=O) groups is 1. The molecule has 4 atom stereocenters. The van der Waals surface area contributed by atoms with Crippen LogP contribution in [-0.2, 0) is 10.0 Å². The van der Waals surface area contributed by atoms with Crippen molar-refractivity contribution in [3.8, 4) is 0 Å². The molecule has 2 aliphatic carbocycles. The zero-order valence-electron chi connectivity index (χ0n) is 18.9. The van der Waals surface area contributed by atoms with Gasteiger partial charge in [0.25, 0.3) is 5.91 Å². The lowest BCUT2D eigenvalue weighted by Crippen LogP contribution is -2.52. The van der Waals surface area contributed by atoms with Crippen molar-refractivity contribution >= 4 is 21.6 Å². The van der Waals surface area contributed by atoms with Crippen molar-refractivity contribution in [1.29, 1.82) is 0 Å². The summed E-state index contributed by atoms with van der Waals surface area (Å²) >= 11 is 0. The first-order chi connectivity index (χ1) is 14.5. The molecule has 0 aromatic heterocycles. The summed E-state index contributed by atoms with van der Waals surface area (Å²) in [7, 11) is -2.17. The SMILES string of the molecule is CNc1ccc(C(=O)NC2C3(C)CC[C@H](C3)C2(C)C)cc1S(=O)(=O)N1CCCC(O)C1. The lowest BCUT2D eigenvalue weighted by atomic mass is 9.68. The average Bonchev–Trinajstić information content (AvgIpc) is 3.21. The fourth-order valence-electron chi connectivity index (χ4n) is 6.24. The molecule has 1 heterocycles. The first-order valence-electron chi connectivity index (χ1n) is 11.3. The monoisotopic (exact) mass is 449 g/mol. The van der Waals surface area contributed by atoms with E-state index in [-0.39, 0.29) is 34.2 Å². The predicted molar refractivity (Wildman–Crippen MR) is 120 cm³/mol. The molecule has 3 fully saturated rings. The minimum Gasteiger partial charge on any atom is -0.392 e.